The Balaban J connectivity index is -0.00000722. The van der Waals surface area contributed by atoms with Crippen molar-refractivity contribution in [2.24, 2.45) is 0 Å². The van der Waals surface area contributed by atoms with Crippen molar-refractivity contribution in [1.29, 1.82) is 0 Å². The molecule has 0 aliphatic heterocycles. The van der Waals surface area contributed by atoms with E-state index in [9.17, 15) is 23.9 Å². The van der Waals surface area contributed by atoms with Gasteiger partial charge in [0, 0.05) is 26.5 Å². The second-order valence-electron chi connectivity index (χ2n) is 10.1. The first kappa shape index (κ1) is 46.4. The van der Waals surface area contributed by atoms with Crippen LogP contribution in [0.15, 0.2) is 0 Å². The third kappa shape index (κ3) is 38.9. The second kappa shape index (κ2) is 33.9. The summed E-state index contributed by atoms with van der Waals surface area (Å²) in [6.07, 6.45) is 18.3. The standard InChI is InChI=1S/C28H56NO9P.2Na/c1-3-4-5-6-7-8-9-10-11-14-17-20-28(31)38-27(24-37-39(32,33)34)23-36-25-35-22-19-16-13-12-15-18-21-29-26(2)30;;/h27H,3-25H2,1-2H3,(H,29,30)(H2,32,33,34);;/q;2*+1/p-2/t27-;;/m1../s1. The van der Waals surface area contributed by atoms with Crippen molar-refractivity contribution in [3.63, 3.8) is 0 Å². The maximum absolute atomic E-state index is 12.2. The van der Waals surface area contributed by atoms with Crippen molar-refractivity contribution in [2.75, 3.05) is 33.2 Å². The van der Waals surface area contributed by atoms with Gasteiger partial charge in [-0.25, -0.2) is 0 Å². The van der Waals surface area contributed by atoms with Crippen LogP contribution in [0.4, 0.5) is 0 Å². The Morgan fingerprint density at radius 3 is 1.78 bits per heavy atom. The minimum Gasteiger partial charge on any atom is -0.790 e. The molecule has 10 nitrogen and oxygen atoms in total. The van der Waals surface area contributed by atoms with Crippen LogP contribution in [0.5, 0.6) is 0 Å². The van der Waals surface area contributed by atoms with Crippen LogP contribution in [0, 0.1) is 0 Å². The number of rotatable bonds is 29. The van der Waals surface area contributed by atoms with Crippen molar-refractivity contribution in [2.45, 2.75) is 136 Å². The Hall–Kier alpha value is 0.970. The first-order valence-corrected chi connectivity index (χ1v) is 16.5. The quantitative estimate of drug-likeness (QED) is 0.0361. The summed E-state index contributed by atoms with van der Waals surface area (Å²) >= 11 is 0. The molecular weight excluding hydrogens is 571 g/mol. The van der Waals surface area contributed by atoms with Gasteiger partial charge in [-0.15, -0.1) is 0 Å². The van der Waals surface area contributed by atoms with Crippen LogP contribution in [0.2, 0.25) is 0 Å². The Labute approximate surface area is 293 Å². The van der Waals surface area contributed by atoms with Crippen molar-refractivity contribution in [3.8, 4) is 0 Å². The molecule has 0 radical (unpaired) electrons. The molecule has 0 aliphatic rings. The molecule has 0 rings (SSSR count). The second-order valence-corrected chi connectivity index (χ2v) is 11.3. The molecule has 0 bridgehead atoms. The molecule has 0 aromatic carbocycles. The molecule has 0 aromatic heterocycles. The van der Waals surface area contributed by atoms with Crippen LogP contribution >= 0.6 is 7.82 Å². The molecule has 0 spiro atoms. The van der Waals surface area contributed by atoms with Crippen LogP contribution < -0.4 is 74.2 Å². The van der Waals surface area contributed by atoms with Crippen molar-refractivity contribution >= 4 is 19.7 Å². The summed E-state index contributed by atoms with van der Waals surface area (Å²) in [5.41, 5.74) is 0. The van der Waals surface area contributed by atoms with E-state index in [1.165, 1.54) is 51.9 Å². The van der Waals surface area contributed by atoms with Crippen molar-refractivity contribution in [3.05, 3.63) is 0 Å². The fourth-order valence-electron chi connectivity index (χ4n) is 4.07. The van der Waals surface area contributed by atoms with E-state index in [4.69, 9.17) is 14.2 Å². The van der Waals surface area contributed by atoms with Crippen molar-refractivity contribution in [1.82, 2.24) is 5.32 Å². The topological polar surface area (TPSA) is 146 Å². The molecule has 1 N–H and O–H groups in total. The van der Waals surface area contributed by atoms with Crippen LogP contribution in [0.25, 0.3) is 0 Å². The van der Waals surface area contributed by atoms with Gasteiger partial charge in [0.1, 0.15) is 12.9 Å². The zero-order chi connectivity index (χ0) is 29.0. The number of carbonyl (C=O) groups is 2. The summed E-state index contributed by atoms with van der Waals surface area (Å²) in [7, 11) is -5.18. The maximum Gasteiger partial charge on any atom is 1.00 e. The maximum atomic E-state index is 12.2. The van der Waals surface area contributed by atoms with E-state index in [1.807, 2.05) is 0 Å². The minimum atomic E-state index is -5.18. The number of ether oxygens (including phenoxy) is 3. The van der Waals surface area contributed by atoms with Gasteiger partial charge in [-0.3, -0.25) is 9.59 Å². The molecular formula is C28H54NNa2O9P. The number of esters is 1. The van der Waals surface area contributed by atoms with Crippen LogP contribution in [-0.4, -0.2) is 51.1 Å². The SMILES string of the molecule is CCCCCCCCCCCCCC(=O)O[C@H](COCOCCCCCCCCNC(C)=O)COP(=O)([O-])[O-].[Na+].[Na+]. The molecule has 0 unspecified atom stereocenters. The number of nitrogens with one attached hydrogen (secondary N) is 1. The number of phosphoric ester groups is 1. The minimum absolute atomic E-state index is 0. The molecule has 1 atom stereocenters. The van der Waals surface area contributed by atoms with Gasteiger partial charge in [0.25, 0.3) is 0 Å². The summed E-state index contributed by atoms with van der Waals surface area (Å²) in [6.45, 7) is 4.24. The predicted octanol–water partition coefficient (Wildman–Crippen LogP) is -1.08. The van der Waals surface area contributed by atoms with E-state index in [1.54, 1.807) is 0 Å². The number of unbranched alkanes of at least 4 members (excludes halogenated alkanes) is 15. The molecule has 1 amide bonds. The van der Waals surface area contributed by atoms with Gasteiger partial charge in [-0.1, -0.05) is 96.8 Å². The van der Waals surface area contributed by atoms with E-state index < -0.39 is 26.5 Å². The smallest absolute Gasteiger partial charge is 0.790 e. The van der Waals surface area contributed by atoms with Gasteiger partial charge in [0.05, 0.1) is 21.0 Å². The summed E-state index contributed by atoms with van der Waals surface area (Å²) in [4.78, 5) is 44.6. The van der Waals surface area contributed by atoms with E-state index in [0.717, 1.165) is 64.3 Å². The molecule has 0 saturated heterocycles. The zero-order valence-corrected chi connectivity index (χ0v) is 31.4. The van der Waals surface area contributed by atoms with Crippen LogP contribution in [-0.2, 0) is 32.9 Å². The van der Waals surface area contributed by atoms with Crippen molar-refractivity contribution < 1.29 is 102 Å². The van der Waals surface area contributed by atoms with Gasteiger partial charge < -0.3 is 38.4 Å². The largest absolute Gasteiger partial charge is 1.00 e. The Bertz CT molecular complexity index is 642. The van der Waals surface area contributed by atoms with Gasteiger partial charge in [0.2, 0.25) is 5.91 Å². The number of phosphoric acid groups is 1. The average molecular weight is 626 g/mol. The van der Waals surface area contributed by atoms with Crippen LogP contribution in [0.3, 0.4) is 0 Å². The van der Waals surface area contributed by atoms with Gasteiger partial charge in [-0.05, 0) is 19.3 Å². The monoisotopic (exact) mass is 625 g/mol. The van der Waals surface area contributed by atoms with Gasteiger partial charge >= 0.3 is 65.1 Å². The van der Waals surface area contributed by atoms with Gasteiger partial charge in [-0.2, -0.15) is 0 Å². The molecule has 232 valence electrons. The van der Waals surface area contributed by atoms with E-state index in [0.29, 0.717) is 13.0 Å². The number of hydrogen-bond acceptors (Lipinski definition) is 9. The third-order valence-electron chi connectivity index (χ3n) is 6.26. The Morgan fingerprint density at radius 2 is 1.24 bits per heavy atom. The van der Waals surface area contributed by atoms with Crippen LogP contribution in [0.1, 0.15) is 129 Å². The summed E-state index contributed by atoms with van der Waals surface area (Å²) < 4.78 is 31.2. The molecule has 0 saturated carbocycles. The summed E-state index contributed by atoms with van der Waals surface area (Å²) in [5.74, 6) is -0.463. The predicted molar refractivity (Wildman–Crippen MR) is 148 cm³/mol. The zero-order valence-electron chi connectivity index (χ0n) is 26.5. The number of amides is 1. The van der Waals surface area contributed by atoms with E-state index in [-0.39, 0.29) is 84.8 Å². The van der Waals surface area contributed by atoms with Gasteiger partial charge in [0.15, 0.2) is 0 Å². The Morgan fingerprint density at radius 1 is 0.732 bits per heavy atom. The third-order valence-corrected chi connectivity index (χ3v) is 6.73. The fraction of sp³-hybridized carbons (Fsp3) is 0.929. The first-order chi connectivity index (χ1) is 18.7. The van der Waals surface area contributed by atoms with E-state index >= 15 is 0 Å². The first-order valence-electron chi connectivity index (χ1n) is 15.0. The molecule has 0 heterocycles. The normalized spacial score (nSPS) is 11.8. The number of carbonyl (C=O) groups excluding carboxylic acids is 2. The molecule has 41 heavy (non-hydrogen) atoms. The van der Waals surface area contributed by atoms with E-state index in [2.05, 4.69) is 16.8 Å². The molecule has 0 fully saturated rings. The molecule has 0 aliphatic carbocycles. The fourth-order valence-corrected chi connectivity index (χ4v) is 4.42. The summed E-state index contributed by atoms with van der Waals surface area (Å²) in [5, 5.41) is 2.78. The average Bonchev–Trinajstić information content (AvgIpc) is 2.87. The Kier molecular flexibility index (Phi) is 38.3. The summed E-state index contributed by atoms with van der Waals surface area (Å²) in [6, 6.07) is 0. The molecule has 13 heteroatoms. The molecule has 0 aromatic rings. The number of hydrogen-bond donors (Lipinski definition) is 1.